The van der Waals surface area contributed by atoms with Crippen LogP contribution in [0.25, 0.3) is 4.96 Å². The zero-order chi connectivity index (χ0) is 23.4. The standard InChI is InChI=1S/C25H27N3O4S/c1-17-16-33-25-26-20(12-23(29)28(17)25)15-27(13-18-8-6-5-7-9-18)14-19-10-21(30-2)24(32-4)22(11-19)31-3/h5-12,16H,13-15H2,1-4H3. The number of aryl methyl sites for hydroxylation is 1. The summed E-state index contributed by atoms with van der Waals surface area (Å²) in [7, 11) is 4.81. The third kappa shape index (κ3) is 5.02. The Morgan fingerprint density at radius 2 is 1.58 bits per heavy atom. The largest absolute Gasteiger partial charge is 0.493 e. The molecule has 0 aliphatic rings. The number of benzene rings is 2. The minimum Gasteiger partial charge on any atom is -0.493 e. The maximum Gasteiger partial charge on any atom is 0.259 e. The lowest BCUT2D eigenvalue weighted by Gasteiger charge is -2.23. The molecule has 4 rings (SSSR count). The minimum absolute atomic E-state index is 0.0544. The van der Waals surface area contributed by atoms with Crippen molar-refractivity contribution in [2.75, 3.05) is 21.3 Å². The molecule has 0 N–H and O–H groups in total. The Kier molecular flexibility index (Phi) is 6.96. The Morgan fingerprint density at radius 3 is 2.21 bits per heavy atom. The molecule has 0 amide bonds. The number of hydrogen-bond acceptors (Lipinski definition) is 7. The van der Waals surface area contributed by atoms with Gasteiger partial charge in [-0.15, -0.1) is 11.3 Å². The maximum atomic E-state index is 12.7. The Morgan fingerprint density at radius 1 is 0.909 bits per heavy atom. The average Bonchev–Trinajstić information content (AvgIpc) is 3.19. The van der Waals surface area contributed by atoms with Gasteiger partial charge in [0.15, 0.2) is 16.5 Å². The lowest BCUT2D eigenvalue weighted by atomic mass is 10.1. The fourth-order valence-corrected chi connectivity index (χ4v) is 4.80. The van der Waals surface area contributed by atoms with Crippen molar-refractivity contribution in [2.24, 2.45) is 0 Å². The van der Waals surface area contributed by atoms with Crippen molar-refractivity contribution < 1.29 is 14.2 Å². The van der Waals surface area contributed by atoms with Crippen molar-refractivity contribution in [1.82, 2.24) is 14.3 Å². The summed E-state index contributed by atoms with van der Waals surface area (Å²) in [6.45, 7) is 3.74. The van der Waals surface area contributed by atoms with E-state index in [1.54, 1.807) is 31.8 Å². The van der Waals surface area contributed by atoms with Crippen LogP contribution >= 0.6 is 11.3 Å². The first kappa shape index (κ1) is 22.8. The van der Waals surface area contributed by atoms with E-state index in [9.17, 15) is 4.79 Å². The van der Waals surface area contributed by atoms with Crippen LogP contribution in [0.5, 0.6) is 17.2 Å². The number of nitrogens with zero attached hydrogens (tertiary/aromatic N) is 3. The number of ether oxygens (including phenoxy) is 3. The predicted octanol–water partition coefficient (Wildman–Crippen LogP) is 4.29. The molecule has 0 aliphatic carbocycles. The van der Waals surface area contributed by atoms with Gasteiger partial charge in [-0.3, -0.25) is 14.1 Å². The number of thiazole rings is 1. The molecule has 2 heterocycles. The van der Waals surface area contributed by atoms with Crippen LogP contribution < -0.4 is 19.8 Å². The summed E-state index contributed by atoms with van der Waals surface area (Å²) < 4.78 is 18.2. The molecule has 4 aromatic rings. The Labute approximate surface area is 196 Å². The number of fused-ring (bicyclic) bond motifs is 1. The first-order valence-electron chi connectivity index (χ1n) is 10.5. The highest BCUT2D eigenvalue weighted by Gasteiger charge is 2.17. The van der Waals surface area contributed by atoms with Gasteiger partial charge in [0.25, 0.3) is 5.56 Å². The first-order valence-corrected chi connectivity index (χ1v) is 11.4. The van der Waals surface area contributed by atoms with E-state index in [-0.39, 0.29) is 5.56 Å². The number of rotatable bonds is 9. The smallest absolute Gasteiger partial charge is 0.259 e. The SMILES string of the molecule is COc1cc(CN(Cc2ccccc2)Cc2cc(=O)n3c(C)csc3n2)cc(OC)c1OC. The fraction of sp³-hybridized carbons (Fsp3) is 0.280. The van der Waals surface area contributed by atoms with Crippen LogP contribution in [0.4, 0.5) is 0 Å². The second-order valence-electron chi connectivity index (χ2n) is 7.75. The van der Waals surface area contributed by atoms with Crippen molar-refractivity contribution in [2.45, 2.75) is 26.6 Å². The summed E-state index contributed by atoms with van der Waals surface area (Å²) >= 11 is 1.48. The van der Waals surface area contributed by atoms with Crippen LogP contribution in [0, 0.1) is 6.92 Å². The van der Waals surface area contributed by atoms with Crippen LogP contribution in [-0.4, -0.2) is 35.6 Å². The molecular weight excluding hydrogens is 438 g/mol. The van der Waals surface area contributed by atoms with Crippen molar-refractivity contribution in [1.29, 1.82) is 0 Å². The van der Waals surface area contributed by atoms with E-state index in [1.165, 1.54) is 16.9 Å². The summed E-state index contributed by atoms with van der Waals surface area (Å²) in [5.74, 6) is 1.78. The highest BCUT2D eigenvalue weighted by atomic mass is 32.1. The fourth-order valence-electron chi connectivity index (χ4n) is 3.91. The molecule has 7 nitrogen and oxygen atoms in total. The second-order valence-corrected chi connectivity index (χ2v) is 8.58. The molecule has 0 spiro atoms. The van der Waals surface area contributed by atoms with Crippen molar-refractivity contribution in [3.8, 4) is 17.2 Å². The van der Waals surface area contributed by atoms with Gasteiger partial charge in [-0.2, -0.15) is 0 Å². The molecule has 0 saturated carbocycles. The van der Waals surface area contributed by atoms with Gasteiger partial charge in [0.05, 0.1) is 27.0 Å². The molecule has 0 aliphatic heterocycles. The molecular formula is C25H27N3O4S. The van der Waals surface area contributed by atoms with E-state index in [2.05, 4.69) is 17.0 Å². The Bertz CT molecular complexity index is 1280. The third-order valence-corrected chi connectivity index (χ3v) is 6.34. The van der Waals surface area contributed by atoms with Gasteiger partial charge < -0.3 is 14.2 Å². The zero-order valence-corrected chi connectivity index (χ0v) is 20.0. The highest BCUT2D eigenvalue weighted by molar-refractivity contribution is 7.15. The molecule has 8 heteroatoms. The van der Waals surface area contributed by atoms with Gasteiger partial charge in [-0.25, -0.2) is 4.98 Å². The van der Waals surface area contributed by atoms with E-state index in [1.807, 2.05) is 42.6 Å². The monoisotopic (exact) mass is 465 g/mol. The van der Waals surface area contributed by atoms with E-state index in [4.69, 9.17) is 19.2 Å². The van der Waals surface area contributed by atoms with E-state index in [0.29, 0.717) is 41.8 Å². The van der Waals surface area contributed by atoms with Gasteiger partial charge in [-0.05, 0) is 30.2 Å². The van der Waals surface area contributed by atoms with Crippen molar-refractivity contribution in [3.63, 3.8) is 0 Å². The zero-order valence-electron chi connectivity index (χ0n) is 19.2. The van der Waals surface area contributed by atoms with Gasteiger partial charge in [0.2, 0.25) is 5.75 Å². The molecule has 2 aromatic carbocycles. The first-order chi connectivity index (χ1) is 16.0. The summed E-state index contributed by atoms with van der Waals surface area (Å²) in [5, 5.41) is 1.95. The molecule has 0 unspecified atom stereocenters. The predicted molar refractivity (Wildman–Crippen MR) is 130 cm³/mol. The number of hydrogen-bond donors (Lipinski definition) is 0. The molecule has 2 aromatic heterocycles. The lowest BCUT2D eigenvalue weighted by molar-refractivity contribution is 0.243. The van der Waals surface area contributed by atoms with Crippen LogP contribution in [0.15, 0.2) is 58.7 Å². The summed E-state index contributed by atoms with van der Waals surface area (Å²) in [6, 6.07) is 15.8. The molecule has 0 bridgehead atoms. The van der Waals surface area contributed by atoms with Crippen LogP contribution in [0.2, 0.25) is 0 Å². The summed E-state index contributed by atoms with van der Waals surface area (Å²) in [4.78, 5) is 20.4. The van der Waals surface area contributed by atoms with Crippen LogP contribution in [-0.2, 0) is 19.6 Å². The number of methoxy groups -OCH3 is 3. The summed E-state index contributed by atoms with van der Waals surface area (Å²) in [6.07, 6.45) is 0. The number of aromatic nitrogens is 2. The molecule has 0 radical (unpaired) electrons. The van der Waals surface area contributed by atoms with Gasteiger partial charge >= 0.3 is 0 Å². The second kappa shape index (κ2) is 10.1. The normalized spacial score (nSPS) is 11.2. The third-order valence-electron chi connectivity index (χ3n) is 5.39. The highest BCUT2D eigenvalue weighted by Crippen LogP contribution is 2.38. The Balaban J connectivity index is 1.68. The van der Waals surface area contributed by atoms with Crippen LogP contribution in [0.1, 0.15) is 22.5 Å². The van der Waals surface area contributed by atoms with E-state index >= 15 is 0 Å². The molecule has 33 heavy (non-hydrogen) atoms. The molecule has 0 atom stereocenters. The molecule has 172 valence electrons. The van der Waals surface area contributed by atoms with Gasteiger partial charge in [0.1, 0.15) is 0 Å². The van der Waals surface area contributed by atoms with Gasteiger partial charge in [-0.1, -0.05) is 30.3 Å². The molecule has 0 fully saturated rings. The summed E-state index contributed by atoms with van der Waals surface area (Å²) in [5.41, 5.74) is 3.77. The van der Waals surface area contributed by atoms with Gasteiger partial charge in [0, 0.05) is 36.8 Å². The van der Waals surface area contributed by atoms with Crippen LogP contribution in [0.3, 0.4) is 0 Å². The van der Waals surface area contributed by atoms with E-state index in [0.717, 1.165) is 17.0 Å². The average molecular weight is 466 g/mol. The Hall–Kier alpha value is -3.36. The van der Waals surface area contributed by atoms with E-state index < -0.39 is 0 Å². The topological polar surface area (TPSA) is 65.3 Å². The maximum absolute atomic E-state index is 12.7. The minimum atomic E-state index is -0.0544. The molecule has 0 saturated heterocycles. The van der Waals surface area contributed by atoms with Crippen molar-refractivity contribution >= 4 is 16.3 Å². The van der Waals surface area contributed by atoms with Crippen molar-refractivity contribution in [3.05, 3.63) is 86.8 Å². The lowest BCUT2D eigenvalue weighted by Crippen LogP contribution is -2.25. The quantitative estimate of drug-likeness (QED) is 0.367.